The number of carbonyl (C=O) groups excluding carboxylic acids is 1. The summed E-state index contributed by atoms with van der Waals surface area (Å²) < 4.78 is 73.0. The lowest BCUT2D eigenvalue weighted by molar-refractivity contribution is -0.145. The molecule has 0 amide bonds. The topological polar surface area (TPSA) is 69.7 Å². The molecule has 0 N–H and O–H groups in total. The molecule has 1 heterocycles. The van der Waals surface area contributed by atoms with Crippen LogP contribution in [0.4, 0.5) is 13.2 Å². The number of hydrogen-bond acceptors (Lipinski definition) is 5. The van der Waals surface area contributed by atoms with Crippen molar-refractivity contribution in [1.29, 1.82) is 0 Å². The van der Waals surface area contributed by atoms with Crippen molar-refractivity contribution in [3.63, 3.8) is 0 Å². The Morgan fingerprint density at radius 2 is 1.66 bits per heavy atom. The van der Waals surface area contributed by atoms with Gasteiger partial charge in [0.15, 0.2) is 9.84 Å². The summed E-state index contributed by atoms with van der Waals surface area (Å²) in [5.74, 6) is -1.24. The van der Waals surface area contributed by atoms with E-state index in [9.17, 15) is 26.4 Å². The predicted molar refractivity (Wildman–Crippen MR) is 98.7 cm³/mol. The zero-order chi connectivity index (χ0) is 21.6. The minimum Gasteiger partial charge on any atom is -0.449 e. The molecule has 3 rings (SSSR count). The number of halogens is 3. The van der Waals surface area contributed by atoms with Gasteiger partial charge in [0.2, 0.25) is 5.76 Å². The van der Waals surface area contributed by atoms with Crippen LogP contribution in [0.1, 0.15) is 25.0 Å². The molecule has 0 radical (unpaired) electrons. The number of esters is 1. The molecule has 0 unspecified atom stereocenters. The first-order chi connectivity index (χ1) is 13.3. The Labute approximate surface area is 165 Å². The lowest BCUT2D eigenvalue weighted by atomic mass is 9.92. The van der Waals surface area contributed by atoms with Gasteiger partial charge in [-0.1, -0.05) is 18.2 Å². The van der Waals surface area contributed by atoms with E-state index in [1.807, 2.05) is 0 Å². The molecular formula is C20H17F3O5S. The molecule has 5 nitrogen and oxygen atoms in total. The summed E-state index contributed by atoms with van der Waals surface area (Å²) in [6.07, 6.45) is -3.50. The van der Waals surface area contributed by atoms with Crippen molar-refractivity contribution in [3.8, 4) is 5.75 Å². The average Bonchev–Trinajstić information content (AvgIpc) is 2.82. The van der Waals surface area contributed by atoms with Gasteiger partial charge in [-0.3, -0.25) is 0 Å². The Bertz CT molecular complexity index is 1100. The summed E-state index contributed by atoms with van der Waals surface area (Å²) in [7, 11) is -3.42. The number of hydrogen-bond donors (Lipinski definition) is 0. The highest BCUT2D eigenvalue weighted by atomic mass is 32.2. The van der Waals surface area contributed by atoms with Gasteiger partial charge in [-0.05, 0) is 49.7 Å². The molecule has 2 aromatic carbocycles. The van der Waals surface area contributed by atoms with Gasteiger partial charge in [-0.15, -0.1) is 0 Å². The first-order valence-electron chi connectivity index (χ1n) is 8.43. The number of benzene rings is 2. The van der Waals surface area contributed by atoms with E-state index in [0.29, 0.717) is 11.1 Å². The number of carbonyl (C=O) groups is 1. The van der Waals surface area contributed by atoms with Crippen LogP contribution >= 0.6 is 0 Å². The SMILES string of the molecule is CC1(C)OC(=O)C(Oc2cccc(C(F)(F)F)c2)=C1c1ccc(S(C)(=O)=O)cc1. The smallest absolute Gasteiger partial charge is 0.416 e. The third-order valence-corrected chi connectivity index (χ3v) is 5.44. The van der Waals surface area contributed by atoms with Gasteiger partial charge in [0, 0.05) is 6.26 Å². The van der Waals surface area contributed by atoms with Crippen molar-refractivity contribution in [3.05, 3.63) is 65.4 Å². The van der Waals surface area contributed by atoms with Gasteiger partial charge in [-0.2, -0.15) is 13.2 Å². The maximum absolute atomic E-state index is 12.9. The molecule has 154 valence electrons. The van der Waals surface area contributed by atoms with E-state index < -0.39 is 33.1 Å². The van der Waals surface area contributed by atoms with E-state index in [1.165, 1.54) is 36.4 Å². The Balaban J connectivity index is 2.07. The lowest BCUT2D eigenvalue weighted by Gasteiger charge is -2.21. The first-order valence-corrected chi connectivity index (χ1v) is 10.3. The summed E-state index contributed by atoms with van der Waals surface area (Å²) in [4.78, 5) is 12.5. The van der Waals surface area contributed by atoms with Crippen molar-refractivity contribution < 1.29 is 35.9 Å². The molecule has 0 saturated heterocycles. The number of ether oxygens (including phenoxy) is 2. The Morgan fingerprint density at radius 1 is 1.03 bits per heavy atom. The molecule has 2 aromatic rings. The summed E-state index contributed by atoms with van der Waals surface area (Å²) in [6.45, 7) is 3.21. The average molecular weight is 426 g/mol. The van der Waals surface area contributed by atoms with Gasteiger partial charge in [0.25, 0.3) is 0 Å². The Morgan fingerprint density at radius 3 is 2.21 bits per heavy atom. The molecule has 0 atom stereocenters. The zero-order valence-corrected chi connectivity index (χ0v) is 16.5. The van der Waals surface area contributed by atoms with Gasteiger partial charge in [0.05, 0.1) is 16.0 Å². The third kappa shape index (κ3) is 4.29. The predicted octanol–water partition coefficient (Wildman–Crippen LogP) is 4.23. The maximum atomic E-state index is 12.9. The van der Waals surface area contributed by atoms with Crippen LogP contribution in [-0.2, 0) is 25.5 Å². The van der Waals surface area contributed by atoms with E-state index >= 15 is 0 Å². The van der Waals surface area contributed by atoms with Gasteiger partial charge in [-0.25, -0.2) is 13.2 Å². The second kappa shape index (κ2) is 6.91. The van der Waals surface area contributed by atoms with E-state index in [1.54, 1.807) is 13.8 Å². The minimum absolute atomic E-state index is 0.0882. The van der Waals surface area contributed by atoms with Gasteiger partial charge in [0.1, 0.15) is 11.4 Å². The maximum Gasteiger partial charge on any atom is 0.416 e. The van der Waals surface area contributed by atoms with Crippen LogP contribution in [0, 0.1) is 0 Å². The lowest BCUT2D eigenvalue weighted by Crippen LogP contribution is -2.22. The highest BCUT2D eigenvalue weighted by molar-refractivity contribution is 7.90. The highest BCUT2D eigenvalue weighted by Gasteiger charge is 2.43. The van der Waals surface area contributed by atoms with E-state index in [-0.39, 0.29) is 16.4 Å². The molecule has 29 heavy (non-hydrogen) atoms. The largest absolute Gasteiger partial charge is 0.449 e. The van der Waals surface area contributed by atoms with E-state index in [4.69, 9.17) is 9.47 Å². The number of sulfone groups is 1. The van der Waals surface area contributed by atoms with Gasteiger partial charge < -0.3 is 9.47 Å². The molecule has 0 spiro atoms. The van der Waals surface area contributed by atoms with Crippen LogP contribution in [-0.4, -0.2) is 26.2 Å². The summed E-state index contributed by atoms with van der Waals surface area (Å²) >= 11 is 0. The highest BCUT2D eigenvalue weighted by Crippen LogP contribution is 2.41. The molecule has 0 aliphatic carbocycles. The van der Waals surface area contributed by atoms with E-state index in [2.05, 4.69) is 0 Å². The number of alkyl halides is 3. The van der Waals surface area contributed by atoms with Crippen LogP contribution in [0.15, 0.2) is 59.2 Å². The van der Waals surface area contributed by atoms with Crippen molar-refractivity contribution >= 4 is 21.4 Å². The Kier molecular flexibility index (Phi) is 4.98. The molecule has 1 aliphatic heterocycles. The third-order valence-electron chi connectivity index (χ3n) is 4.31. The molecule has 0 fully saturated rings. The van der Waals surface area contributed by atoms with E-state index in [0.717, 1.165) is 18.4 Å². The molecule has 9 heteroatoms. The van der Waals surface area contributed by atoms with Crippen molar-refractivity contribution in [2.24, 2.45) is 0 Å². The van der Waals surface area contributed by atoms with Crippen molar-refractivity contribution in [1.82, 2.24) is 0 Å². The second-order valence-electron chi connectivity index (χ2n) is 7.03. The van der Waals surface area contributed by atoms with Crippen LogP contribution in [0.5, 0.6) is 5.75 Å². The van der Waals surface area contributed by atoms with Crippen molar-refractivity contribution in [2.45, 2.75) is 30.5 Å². The Hall–Kier alpha value is -2.81. The van der Waals surface area contributed by atoms with Crippen molar-refractivity contribution in [2.75, 3.05) is 6.26 Å². The van der Waals surface area contributed by atoms with Crippen LogP contribution in [0.3, 0.4) is 0 Å². The van der Waals surface area contributed by atoms with Crippen LogP contribution < -0.4 is 4.74 Å². The molecule has 0 bridgehead atoms. The fourth-order valence-electron chi connectivity index (χ4n) is 3.00. The normalized spacial score (nSPS) is 16.7. The second-order valence-corrected chi connectivity index (χ2v) is 9.04. The molecule has 0 saturated carbocycles. The molecule has 0 aromatic heterocycles. The number of cyclic esters (lactones) is 1. The quantitative estimate of drug-likeness (QED) is 0.685. The summed E-state index contributed by atoms with van der Waals surface area (Å²) in [6, 6.07) is 9.88. The fourth-order valence-corrected chi connectivity index (χ4v) is 3.63. The summed E-state index contributed by atoms with van der Waals surface area (Å²) in [5, 5.41) is 0. The van der Waals surface area contributed by atoms with Crippen LogP contribution in [0.2, 0.25) is 0 Å². The zero-order valence-electron chi connectivity index (χ0n) is 15.7. The van der Waals surface area contributed by atoms with Crippen LogP contribution in [0.25, 0.3) is 5.57 Å². The fraction of sp³-hybridized carbons (Fsp3) is 0.250. The monoisotopic (exact) mass is 426 g/mol. The standard InChI is InChI=1S/C20H17F3O5S/c1-19(2)16(12-7-9-15(10-8-12)29(3,25)26)17(18(24)28-19)27-14-6-4-5-13(11-14)20(21,22)23/h4-11H,1-3H3. The number of rotatable bonds is 4. The minimum atomic E-state index is -4.56. The van der Waals surface area contributed by atoms with Gasteiger partial charge >= 0.3 is 12.1 Å². The molecular weight excluding hydrogens is 409 g/mol. The molecule has 1 aliphatic rings. The summed E-state index contributed by atoms with van der Waals surface area (Å²) in [5.41, 5.74) is -1.28. The first kappa shape index (κ1) is 20.9.